The van der Waals surface area contributed by atoms with Gasteiger partial charge in [0.25, 0.3) is 0 Å². The first kappa shape index (κ1) is 17.5. The predicted molar refractivity (Wildman–Crippen MR) is 85.7 cm³/mol. The molecule has 2 N–H and O–H groups in total. The smallest absolute Gasteiger partial charge is 0.248 e. The fourth-order valence-electron chi connectivity index (χ4n) is 1.64. The van der Waals surface area contributed by atoms with Crippen LogP contribution in [0.25, 0.3) is 0 Å². The minimum Gasteiger partial charge on any atom is -0.295 e. The lowest BCUT2D eigenvalue weighted by Gasteiger charge is -2.10. The second-order valence-electron chi connectivity index (χ2n) is 4.52. The molecule has 122 valence electrons. The summed E-state index contributed by atoms with van der Waals surface area (Å²) in [7, 11) is 0. The summed E-state index contributed by atoms with van der Waals surface area (Å²) in [6.07, 6.45) is 0. The van der Waals surface area contributed by atoms with E-state index in [2.05, 4.69) is 10.9 Å². The summed E-state index contributed by atoms with van der Waals surface area (Å²) >= 11 is 7.11. The summed E-state index contributed by atoms with van der Waals surface area (Å²) in [4.78, 5) is 11.6. The van der Waals surface area contributed by atoms with Crippen LogP contribution < -0.4 is 10.9 Å². The summed E-state index contributed by atoms with van der Waals surface area (Å²) in [5, 5.41) is 0.634. The first-order valence-corrected chi connectivity index (χ1v) is 8.01. The number of thioether (sulfide) groups is 1. The van der Waals surface area contributed by atoms with E-state index in [-0.39, 0.29) is 11.4 Å². The van der Waals surface area contributed by atoms with Crippen molar-refractivity contribution >= 4 is 35.0 Å². The van der Waals surface area contributed by atoms with Crippen LogP contribution in [0.4, 0.5) is 18.9 Å². The van der Waals surface area contributed by atoms with Crippen molar-refractivity contribution < 1.29 is 18.0 Å². The van der Waals surface area contributed by atoms with E-state index >= 15 is 0 Å². The number of halogens is 4. The Morgan fingerprint density at radius 3 is 2.43 bits per heavy atom. The zero-order chi connectivity index (χ0) is 16.8. The van der Waals surface area contributed by atoms with E-state index in [0.29, 0.717) is 10.8 Å². The lowest BCUT2D eigenvalue weighted by molar-refractivity contribution is -0.118. The molecule has 0 saturated carbocycles. The number of hydrogen-bond donors (Lipinski definition) is 2. The van der Waals surface area contributed by atoms with E-state index in [1.807, 2.05) is 12.1 Å². The lowest BCUT2D eigenvalue weighted by atomic mass is 10.2. The van der Waals surface area contributed by atoms with Gasteiger partial charge >= 0.3 is 0 Å². The van der Waals surface area contributed by atoms with Crippen LogP contribution in [-0.4, -0.2) is 11.7 Å². The van der Waals surface area contributed by atoms with E-state index in [9.17, 15) is 18.0 Å². The highest BCUT2D eigenvalue weighted by Gasteiger charge is 2.13. The molecule has 2 rings (SSSR count). The minimum absolute atomic E-state index is 0.112. The van der Waals surface area contributed by atoms with Gasteiger partial charge in [-0.25, -0.2) is 13.2 Å². The van der Waals surface area contributed by atoms with E-state index in [1.165, 1.54) is 11.8 Å². The Hall–Kier alpha value is -1.86. The Bertz CT molecular complexity index is 698. The molecular weight excluding hydrogens is 349 g/mol. The van der Waals surface area contributed by atoms with Gasteiger partial charge in [0.05, 0.1) is 11.4 Å². The molecule has 0 atom stereocenters. The quantitative estimate of drug-likeness (QED) is 0.601. The number of carbonyl (C=O) groups excluding carboxylic acids is 1. The molecule has 0 saturated heterocycles. The number of carbonyl (C=O) groups is 1. The molecule has 0 bridgehead atoms. The van der Waals surface area contributed by atoms with Gasteiger partial charge in [-0.05, 0) is 29.8 Å². The molecule has 3 nitrogen and oxygen atoms in total. The van der Waals surface area contributed by atoms with Gasteiger partial charge in [0.15, 0.2) is 17.5 Å². The molecule has 0 spiro atoms. The van der Waals surface area contributed by atoms with Gasteiger partial charge in [-0.3, -0.25) is 15.6 Å². The minimum atomic E-state index is -1.60. The lowest BCUT2D eigenvalue weighted by Crippen LogP contribution is -2.31. The maximum atomic E-state index is 13.4. The maximum absolute atomic E-state index is 13.4. The third-order valence-corrected chi connectivity index (χ3v) is 4.04. The molecule has 2 aromatic carbocycles. The molecule has 0 aliphatic heterocycles. The third-order valence-electron chi connectivity index (χ3n) is 2.79. The van der Waals surface area contributed by atoms with Crippen LogP contribution in [0.5, 0.6) is 0 Å². The monoisotopic (exact) mass is 360 g/mol. The van der Waals surface area contributed by atoms with Crippen molar-refractivity contribution in [3.63, 3.8) is 0 Å². The number of hydrazine groups is 1. The summed E-state index contributed by atoms with van der Waals surface area (Å²) in [5.74, 6) is -3.99. The molecule has 2 aromatic rings. The van der Waals surface area contributed by atoms with Crippen LogP contribution in [0.15, 0.2) is 36.4 Å². The van der Waals surface area contributed by atoms with Gasteiger partial charge in [0, 0.05) is 10.8 Å². The third kappa shape index (κ3) is 5.07. The number of nitrogens with one attached hydrogen (secondary N) is 2. The van der Waals surface area contributed by atoms with E-state index in [0.717, 1.165) is 17.7 Å². The number of anilines is 1. The van der Waals surface area contributed by atoms with Gasteiger partial charge in [0.2, 0.25) is 5.91 Å². The van der Waals surface area contributed by atoms with Crippen molar-refractivity contribution in [3.8, 4) is 0 Å². The molecule has 0 aromatic heterocycles. The maximum Gasteiger partial charge on any atom is 0.248 e. The molecule has 0 aliphatic rings. The normalized spacial score (nSPS) is 10.4. The van der Waals surface area contributed by atoms with Gasteiger partial charge in [-0.2, -0.15) is 0 Å². The van der Waals surface area contributed by atoms with Crippen molar-refractivity contribution in [2.45, 2.75) is 5.75 Å². The highest BCUT2D eigenvalue weighted by atomic mass is 35.5. The van der Waals surface area contributed by atoms with Crippen LogP contribution in [0, 0.1) is 17.5 Å². The van der Waals surface area contributed by atoms with Crippen LogP contribution in [-0.2, 0) is 10.5 Å². The summed E-state index contributed by atoms with van der Waals surface area (Å²) in [6, 6.07) is 8.97. The fourth-order valence-corrected chi connectivity index (χ4v) is 2.55. The van der Waals surface area contributed by atoms with Crippen molar-refractivity contribution in [1.82, 2.24) is 5.43 Å². The Balaban J connectivity index is 1.77. The molecule has 0 fully saturated rings. The molecule has 0 heterocycles. The molecule has 0 unspecified atom stereocenters. The highest BCUT2D eigenvalue weighted by Crippen LogP contribution is 2.19. The zero-order valence-corrected chi connectivity index (χ0v) is 13.3. The Morgan fingerprint density at radius 2 is 1.74 bits per heavy atom. The number of hydrogen-bond acceptors (Lipinski definition) is 3. The molecule has 1 amide bonds. The average molecular weight is 361 g/mol. The van der Waals surface area contributed by atoms with Crippen molar-refractivity contribution in [2.75, 3.05) is 11.2 Å². The second kappa shape index (κ2) is 8.12. The highest BCUT2D eigenvalue weighted by molar-refractivity contribution is 7.99. The second-order valence-corrected chi connectivity index (χ2v) is 5.94. The molecule has 8 heteroatoms. The van der Waals surface area contributed by atoms with E-state index in [4.69, 9.17) is 11.6 Å². The Kier molecular flexibility index (Phi) is 6.18. The number of benzene rings is 2. The van der Waals surface area contributed by atoms with Gasteiger partial charge in [0.1, 0.15) is 0 Å². The Labute approximate surface area is 140 Å². The largest absolute Gasteiger partial charge is 0.295 e. The molecule has 0 radical (unpaired) electrons. The van der Waals surface area contributed by atoms with E-state index < -0.39 is 23.4 Å². The fraction of sp³-hybridized carbons (Fsp3) is 0.133. The van der Waals surface area contributed by atoms with Crippen molar-refractivity contribution in [2.24, 2.45) is 0 Å². The number of amides is 1. The topological polar surface area (TPSA) is 41.1 Å². The van der Waals surface area contributed by atoms with Gasteiger partial charge in [-0.1, -0.05) is 23.7 Å². The average Bonchev–Trinajstić information content (AvgIpc) is 2.54. The summed E-state index contributed by atoms with van der Waals surface area (Å²) in [5.41, 5.74) is 5.11. The van der Waals surface area contributed by atoms with Crippen LogP contribution in [0.3, 0.4) is 0 Å². The number of rotatable bonds is 6. The van der Waals surface area contributed by atoms with Gasteiger partial charge in [-0.15, -0.1) is 11.8 Å². The first-order chi connectivity index (χ1) is 11.0. The Morgan fingerprint density at radius 1 is 1.04 bits per heavy atom. The van der Waals surface area contributed by atoms with E-state index in [1.54, 1.807) is 12.1 Å². The standard InChI is InChI=1S/C15H12ClF3N2OS/c16-10-3-1-9(2-4-10)7-23-8-13(22)21-20-12-6-5-11(17)14(18)15(12)19/h1-6,20H,7-8H2,(H,21,22). The van der Waals surface area contributed by atoms with Gasteiger partial charge < -0.3 is 0 Å². The molecule has 0 aliphatic carbocycles. The van der Waals surface area contributed by atoms with Crippen LogP contribution in [0.1, 0.15) is 5.56 Å². The van der Waals surface area contributed by atoms with Crippen LogP contribution in [0.2, 0.25) is 5.02 Å². The van der Waals surface area contributed by atoms with Crippen LogP contribution >= 0.6 is 23.4 Å². The predicted octanol–water partition coefficient (Wildman–Crippen LogP) is 4.13. The van der Waals surface area contributed by atoms with Crippen molar-refractivity contribution in [3.05, 3.63) is 64.4 Å². The molecule has 23 heavy (non-hydrogen) atoms. The molecular formula is C15H12ClF3N2OS. The SMILES string of the molecule is O=C(CSCc1ccc(Cl)cc1)NNc1ccc(F)c(F)c1F. The summed E-state index contributed by atoms with van der Waals surface area (Å²) < 4.78 is 39.2. The van der Waals surface area contributed by atoms with Crippen molar-refractivity contribution in [1.29, 1.82) is 0 Å². The first-order valence-electron chi connectivity index (χ1n) is 6.48. The zero-order valence-electron chi connectivity index (χ0n) is 11.7. The summed E-state index contributed by atoms with van der Waals surface area (Å²) in [6.45, 7) is 0.